The van der Waals surface area contributed by atoms with Crippen LogP contribution in [0.4, 0.5) is 34.1 Å². The number of fused-ring (bicyclic) bond motifs is 1. The number of benzene rings is 2. The van der Waals surface area contributed by atoms with E-state index < -0.39 is 41.5 Å². The lowest BCUT2D eigenvalue weighted by atomic mass is 9.82. The van der Waals surface area contributed by atoms with Crippen LogP contribution in [0.5, 0.6) is 0 Å². The molecule has 4 aliphatic heterocycles. The van der Waals surface area contributed by atoms with Gasteiger partial charge in [-0.2, -0.15) is 13.2 Å². The maximum absolute atomic E-state index is 14.6. The van der Waals surface area contributed by atoms with Crippen LogP contribution < -0.4 is 16.2 Å². The standard InChI is InChI=1S/C35H45ClF3N7O4/c1-42-14-16-43(17-15-42)24-7-10-44(11-8-24)32(47)26(18-22-19-27(35(37,38)39)31(40)28(36)20-22)30-21-25(9-13-46(30)34(49)50)45-12-6-23-4-2-3-5-29(23)41-33(45)48/h2-5,19-20,24-26,30H,6-18,21,40H2,1H3,(H,41,48)(H,49,50)/p-1/t25?,26?,30-/m1/s1. The third-order valence-corrected chi connectivity index (χ3v) is 11.3. The minimum absolute atomic E-state index is 0.0000490. The summed E-state index contributed by atoms with van der Waals surface area (Å²) in [5, 5.41) is 15.3. The molecular weight excluding hydrogens is 675 g/mol. The van der Waals surface area contributed by atoms with Crippen molar-refractivity contribution in [2.24, 2.45) is 5.92 Å². The van der Waals surface area contributed by atoms with Crippen LogP contribution in [0.25, 0.3) is 0 Å². The normalized spacial score (nSPS) is 23.6. The summed E-state index contributed by atoms with van der Waals surface area (Å²) in [6, 6.07) is 8.29. The maximum atomic E-state index is 14.6. The van der Waals surface area contributed by atoms with Gasteiger partial charge >= 0.3 is 12.2 Å². The number of likely N-dealkylation sites (tertiary alicyclic amines) is 2. The molecule has 2 aromatic carbocycles. The van der Waals surface area contributed by atoms with Gasteiger partial charge in [-0.15, -0.1) is 0 Å². The SMILES string of the molecule is CN1CCN(C2CCN(C(=O)C(Cc3cc(Cl)c(N)c(C(F)(F)F)c3)[C@H]3CC(N4CCc5ccccc5NC4=O)CCN3C(=O)[O-])CC2)CC1. The number of nitrogens with one attached hydrogen (secondary N) is 1. The van der Waals surface area contributed by atoms with E-state index in [1.54, 1.807) is 9.80 Å². The first-order valence-electron chi connectivity index (χ1n) is 17.3. The fraction of sp³-hybridized carbons (Fsp3) is 0.571. The second kappa shape index (κ2) is 14.8. The number of piperazine rings is 1. The number of likely N-dealkylation sites (N-methyl/N-ethyl adjacent to an activating group) is 1. The molecule has 0 aliphatic carbocycles. The Labute approximate surface area is 295 Å². The van der Waals surface area contributed by atoms with E-state index in [9.17, 15) is 32.7 Å². The van der Waals surface area contributed by atoms with E-state index in [0.29, 0.717) is 44.2 Å². The van der Waals surface area contributed by atoms with Gasteiger partial charge in [0.05, 0.1) is 22.2 Å². The number of alkyl halides is 3. The van der Waals surface area contributed by atoms with Crippen molar-refractivity contribution in [1.82, 2.24) is 24.5 Å². The number of para-hydroxylation sites is 1. The first kappa shape index (κ1) is 36.1. The van der Waals surface area contributed by atoms with Gasteiger partial charge < -0.3 is 40.6 Å². The predicted octanol–water partition coefficient (Wildman–Crippen LogP) is 3.60. The molecule has 11 nitrogen and oxygen atoms in total. The van der Waals surface area contributed by atoms with Crippen LogP contribution >= 0.6 is 11.6 Å². The number of hydrogen-bond acceptors (Lipinski definition) is 7. The molecule has 2 aromatic rings. The Balaban J connectivity index is 1.29. The van der Waals surface area contributed by atoms with Gasteiger partial charge in [-0.25, -0.2) is 4.79 Å². The van der Waals surface area contributed by atoms with Crippen molar-refractivity contribution in [2.75, 3.05) is 70.5 Å². The number of halogens is 4. The van der Waals surface area contributed by atoms with Gasteiger partial charge in [0.2, 0.25) is 5.91 Å². The van der Waals surface area contributed by atoms with Crippen molar-refractivity contribution in [3.8, 4) is 0 Å². The fourth-order valence-corrected chi connectivity index (χ4v) is 8.39. The smallest absolute Gasteiger partial charge is 0.418 e. The Morgan fingerprint density at radius 3 is 2.36 bits per heavy atom. The maximum Gasteiger partial charge on any atom is 0.418 e. The third kappa shape index (κ3) is 7.76. The Hall–Kier alpha value is -3.75. The molecule has 6 rings (SSSR count). The van der Waals surface area contributed by atoms with Crippen LogP contribution in [0.2, 0.25) is 5.02 Å². The second-order valence-electron chi connectivity index (χ2n) is 14.0. The molecular formula is C35H44ClF3N7O4-. The monoisotopic (exact) mass is 718 g/mol. The number of nitrogen functional groups attached to an aromatic ring is 1. The van der Waals surface area contributed by atoms with Crippen LogP contribution in [-0.2, 0) is 23.8 Å². The van der Waals surface area contributed by atoms with Gasteiger partial charge in [-0.3, -0.25) is 9.69 Å². The molecule has 0 spiro atoms. The molecule has 4 heterocycles. The number of hydrogen-bond donors (Lipinski definition) is 2. The van der Waals surface area contributed by atoms with Crippen molar-refractivity contribution in [2.45, 2.75) is 62.8 Å². The third-order valence-electron chi connectivity index (χ3n) is 11.0. The Bertz CT molecular complexity index is 1580. The minimum Gasteiger partial charge on any atom is -0.530 e. The molecule has 2 unspecified atom stereocenters. The van der Waals surface area contributed by atoms with Crippen molar-refractivity contribution in [1.29, 1.82) is 0 Å². The van der Waals surface area contributed by atoms with Gasteiger partial charge in [0, 0.05) is 76.2 Å². The van der Waals surface area contributed by atoms with Gasteiger partial charge in [-0.1, -0.05) is 29.8 Å². The van der Waals surface area contributed by atoms with Crippen LogP contribution in [0.1, 0.15) is 42.4 Å². The molecule has 3 N–H and O–H groups in total. The first-order chi connectivity index (χ1) is 23.8. The van der Waals surface area contributed by atoms with Crippen LogP contribution in [0.15, 0.2) is 36.4 Å². The molecule has 3 fully saturated rings. The lowest BCUT2D eigenvalue weighted by Crippen LogP contribution is -2.61. The summed E-state index contributed by atoms with van der Waals surface area (Å²) in [7, 11) is 2.09. The van der Waals surface area contributed by atoms with E-state index in [4.69, 9.17) is 17.3 Å². The lowest BCUT2D eigenvalue weighted by Gasteiger charge is -2.48. The number of amides is 4. The summed E-state index contributed by atoms with van der Waals surface area (Å²) in [4.78, 5) is 49.9. The van der Waals surface area contributed by atoms with Crippen LogP contribution in [-0.4, -0.2) is 120 Å². The average Bonchev–Trinajstić information content (AvgIpc) is 3.26. The van der Waals surface area contributed by atoms with E-state index in [-0.39, 0.29) is 41.9 Å². The van der Waals surface area contributed by atoms with Gasteiger partial charge in [-0.05, 0) is 74.9 Å². The molecule has 0 radical (unpaired) electrons. The number of carbonyl (C=O) groups excluding carboxylic acids is 3. The van der Waals surface area contributed by atoms with Gasteiger partial charge in [0.1, 0.15) is 6.09 Å². The summed E-state index contributed by atoms with van der Waals surface area (Å²) in [6.45, 7) is 5.08. The summed E-state index contributed by atoms with van der Waals surface area (Å²) in [5.74, 6) is -1.41. The highest BCUT2D eigenvalue weighted by Crippen LogP contribution is 2.39. The van der Waals surface area contributed by atoms with Crippen LogP contribution in [0, 0.1) is 5.92 Å². The number of carbonyl (C=O) groups is 3. The van der Waals surface area contributed by atoms with Gasteiger partial charge in [0.25, 0.3) is 0 Å². The Morgan fingerprint density at radius 1 is 1.00 bits per heavy atom. The Kier molecular flexibility index (Phi) is 10.7. The molecule has 4 aliphatic rings. The van der Waals surface area contributed by atoms with Crippen molar-refractivity contribution < 1.29 is 32.7 Å². The molecule has 272 valence electrons. The zero-order valence-electron chi connectivity index (χ0n) is 28.1. The number of carboxylic acid groups (broad SMARTS) is 1. The average molecular weight is 719 g/mol. The largest absolute Gasteiger partial charge is 0.530 e. The van der Waals surface area contributed by atoms with Crippen molar-refractivity contribution >= 4 is 41.0 Å². The van der Waals surface area contributed by atoms with Crippen molar-refractivity contribution in [3.63, 3.8) is 0 Å². The molecule has 50 heavy (non-hydrogen) atoms. The predicted molar refractivity (Wildman–Crippen MR) is 182 cm³/mol. The van der Waals surface area contributed by atoms with E-state index in [1.807, 2.05) is 24.3 Å². The van der Waals surface area contributed by atoms with E-state index in [1.165, 1.54) is 6.07 Å². The highest BCUT2D eigenvalue weighted by molar-refractivity contribution is 6.33. The van der Waals surface area contributed by atoms with Crippen LogP contribution in [0.3, 0.4) is 0 Å². The lowest BCUT2D eigenvalue weighted by molar-refractivity contribution is -0.270. The number of piperidine rings is 2. The fourth-order valence-electron chi connectivity index (χ4n) is 8.15. The highest BCUT2D eigenvalue weighted by atomic mass is 35.5. The van der Waals surface area contributed by atoms with Gasteiger partial charge in [0.15, 0.2) is 0 Å². The first-order valence-corrected chi connectivity index (χ1v) is 17.7. The molecule has 15 heteroatoms. The zero-order valence-corrected chi connectivity index (χ0v) is 28.9. The zero-order chi connectivity index (χ0) is 35.7. The topological polar surface area (TPSA) is 129 Å². The molecule has 3 saturated heterocycles. The van der Waals surface area contributed by atoms with E-state index in [2.05, 4.69) is 22.2 Å². The molecule has 3 atom stereocenters. The minimum atomic E-state index is -4.79. The summed E-state index contributed by atoms with van der Waals surface area (Å²) < 4.78 is 42.0. The van der Waals surface area contributed by atoms with Crippen molar-refractivity contribution in [3.05, 3.63) is 58.1 Å². The number of urea groups is 1. The summed E-state index contributed by atoms with van der Waals surface area (Å²) in [6.07, 6.45) is -4.00. The second-order valence-corrected chi connectivity index (χ2v) is 14.4. The number of rotatable bonds is 6. The number of nitrogens with zero attached hydrogens (tertiary/aromatic N) is 5. The summed E-state index contributed by atoms with van der Waals surface area (Å²) >= 11 is 6.20. The molecule has 4 amide bonds. The van der Waals surface area contributed by atoms with E-state index >= 15 is 0 Å². The highest BCUT2D eigenvalue weighted by Gasteiger charge is 2.43. The number of nitrogens with two attached hydrogens (primary N) is 1. The molecule has 0 bridgehead atoms. The molecule has 0 saturated carbocycles. The molecule has 0 aromatic heterocycles. The summed E-state index contributed by atoms with van der Waals surface area (Å²) in [5.41, 5.74) is 5.79. The number of anilines is 2. The van der Waals surface area contributed by atoms with E-state index in [0.717, 1.165) is 55.6 Å². The Morgan fingerprint density at radius 2 is 1.68 bits per heavy atom. The quantitative estimate of drug-likeness (QED) is 0.437.